The lowest BCUT2D eigenvalue weighted by atomic mass is 9.86. The van der Waals surface area contributed by atoms with E-state index >= 15 is 0 Å². The quantitative estimate of drug-likeness (QED) is 0.503. The van der Waals surface area contributed by atoms with Crippen molar-refractivity contribution in [2.24, 2.45) is 0 Å². The third-order valence-electron chi connectivity index (χ3n) is 4.16. The molecule has 1 fully saturated rings. The van der Waals surface area contributed by atoms with Crippen LogP contribution in [0.2, 0.25) is 18.1 Å². The highest BCUT2D eigenvalue weighted by molar-refractivity contribution is 6.87. The van der Waals surface area contributed by atoms with E-state index in [0.717, 1.165) is 25.7 Å². The summed E-state index contributed by atoms with van der Waals surface area (Å²) < 4.78 is 0. The van der Waals surface area contributed by atoms with Crippen LogP contribution in [-0.2, 0) is 0 Å². The molecule has 0 unspecified atom stereocenters. The standard InChI is InChI=1S/C14H26OSi/c1-13(2,3)16(4,5)12-11-14(15)9-7-6-8-10-14/h15H,6-10H2,1-5H3. The lowest BCUT2D eigenvalue weighted by molar-refractivity contribution is 0.0610. The molecule has 0 heterocycles. The van der Waals surface area contributed by atoms with E-state index in [1.54, 1.807) is 0 Å². The number of rotatable bonds is 0. The SMILES string of the molecule is CC(C)(C)[Si](C)(C)C#CC1(O)CCCCC1. The van der Waals surface area contributed by atoms with Crippen molar-refractivity contribution >= 4 is 8.07 Å². The molecule has 1 aliphatic rings. The van der Waals surface area contributed by atoms with Gasteiger partial charge in [0.1, 0.15) is 13.7 Å². The summed E-state index contributed by atoms with van der Waals surface area (Å²) in [6, 6.07) is 0. The molecule has 1 saturated carbocycles. The van der Waals surface area contributed by atoms with Gasteiger partial charge in [-0.2, -0.15) is 0 Å². The molecule has 1 aliphatic carbocycles. The minimum atomic E-state index is -1.56. The molecule has 0 aliphatic heterocycles. The lowest BCUT2D eigenvalue weighted by Gasteiger charge is -2.33. The maximum atomic E-state index is 10.3. The Morgan fingerprint density at radius 2 is 1.56 bits per heavy atom. The minimum absolute atomic E-state index is 0.283. The van der Waals surface area contributed by atoms with E-state index < -0.39 is 13.7 Å². The van der Waals surface area contributed by atoms with Gasteiger partial charge in [-0.1, -0.05) is 46.2 Å². The Kier molecular flexibility index (Phi) is 3.92. The van der Waals surface area contributed by atoms with Gasteiger partial charge in [0, 0.05) is 0 Å². The van der Waals surface area contributed by atoms with Gasteiger partial charge in [0.15, 0.2) is 0 Å². The molecule has 0 radical (unpaired) electrons. The summed E-state index contributed by atoms with van der Waals surface area (Å²) >= 11 is 0. The normalized spacial score (nSPS) is 21.1. The predicted molar refractivity (Wildman–Crippen MR) is 73.0 cm³/mol. The Balaban J connectivity index is 2.80. The molecule has 0 bridgehead atoms. The van der Waals surface area contributed by atoms with Crippen LogP contribution in [0, 0.1) is 11.5 Å². The second-order valence-corrected chi connectivity index (χ2v) is 11.7. The third kappa shape index (κ3) is 3.36. The summed E-state index contributed by atoms with van der Waals surface area (Å²) in [6.07, 6.45) is 5.25. The highest BCUT2D eigenvalue weighted by Crippen LogP contribution is 2.36. The second kappa shape index (κ2) is 4.54. The topological polar surface area (TPSA) is 20.2 Å². The van der Waals surface area contributed by atoms with E-state index in [4.69, 9.17) is 0 Å². The van der Waals surface area contributed by atoms with Gasteiger partial charge in [0.2, 0.25) is 0 Å². The van der Waals surface area contributed by atoms with E-state index in [0.29, 0.717) is 0 Å². The fourth-order valence-electron chi connectivity index (χ4n) is 1.72. The van der Waals surface area contributed by atoms with Gasteiger partial charge in [-0.15, -0.1) is 5.54 Å². The van der Waals surface area contributed by atoms with Crippen LogP contribution >= 0.6 is 0 Å². The van der Waals surface area contributed by atoms with Crippen molar-refractivity contribution in [3.05, 3.63) is 0 Å². The van der Waals surface area contributed by atoms with Crippen LogP contribution in [0.1, 0.15) is 52.9 Å². The monoisotopic (exact) mass is 238 g/mol. The van der Waals surface area contributed by atoms with Gasteiger partial charge in [-0.05, 0) is 30.7 Å². The average Bonchev–Trinajstić information content (AvgIpc) is 2.15. The van der Waals surface area contributed by atoms with Gasteiger partial charge in [-0.25, -0.2) is 0 Å². The maximum Gasteiger partial charge on any atom is 0.137 e. The molecule has 1 rings (SSSR count). The molecule has 92 valence electrons. The molecule has 1 nitrogen and oxygen atoms in total. The van der Waals surface area contributed by atoms with Crippen molar-refractivity contribution in [3.63, 3.8) is 0 Å². The largest absolute Gasteiger partial charge is 0.378 e. The lowest BCUT2D eigenvalue weighted by Crippen LogP contribution is -2.37. The van der Waals surface area contributed by atoms with E-state index in [1.165, 1.54) is 6.42 Å². The fourth-order valence-corrected chi connectivity index (χ4v) is 2.64. The highest BCUT2D eigenvalue weighted by atomic mass is 28.3. The van der Waals surface area contributed by atoms with Gasteiger partial charge in [-0.3, -0.25) is 0 Å². The molecule has 16 heavy (non-hydrogen) atoms. The molecule has 2 heteroatoms. The zero-order valence-corrected chi connectivity index (χ0v) is 12.5. The first kappa shape index (κ1) is 13.8. The molecule has 0 atom stereocenters. The van der Waals surface area contributed by atoms with Crippen molar-refractivity contribution < 1.29 is 5.11 Å². The van der Waals surface area contributed by atoms with E-state index in [9.17, 15) is 5.11 Å². The zero-order valence-electron chi connectivity index (χ0n) is 11.5. The number of hydrogen-bond acceptors (Lipinski definition) is 1. The Morgan fingerprint density at radius 1 is 1.06 bits per heavy atom. The summed E-state index contributed by atoms with van der Waals surface area (Å²) in [5, 5.41) is 10.6. The van der Waals surface area contributed by atoms with Crippen molar-refractivity contribution in [2.45, 2.75) is 76.6 Å². The van der Waals surface area contributed by atoms with E-state index in [-0.39, 0.29) is 5.04 Å². The van der Waals surface area contributed by atoms with Crippen molar-refractivity contribution in [2.75, 3.05) is 0 Å². The zero-order chi connectivity index (χ0) is 12.4. The van der Waals surface area contributed by atoms with Gasteiger partial charge in [0.25, 0.3) is 0 Å². The Morgan fingerprint density at radius 3 is 2.00 bits per heavy atom. The van der Waals surface area contributed by atoms with Crippen LogP contribution in [0.15, 0.2) is 0 Å². The third-order valence-corrected chi connectivity index (χ3v) is 8.66. The molecule has 1 N–H and O–H groups in total. The summed E-state index contributed by atoms with van der Waals surface area (Å²) in [7, 11) is -1.56. The summed E-state index contributed by atoms with van der Waals surface area (Å²) in [6.45, 7) is 11.4. The van der Waals surface area contributed by atoms with Gasteiger partial charge in [0.05, 0.1) is 0 Å². The highest BCUT2D eigenvalue weighted by Gasteiger charge is 2.35. The van der Waals surface area contributed by atoms with Crippen LogP contribution in [0.25, 0.3) is 0 Å². The summed E-state index contributed by atoms with van der Waals surface area (Å²) in [4.78, 5) is 0. The van der Waals surface area contributed by atoms with Crippen molar-refractivity contribution in [1.29, 1.82) is 0 Å². The Bertz CT molecular complexity index is 295. The second-order valence-electron chi connectivity index (χ2n) is 6.72. The van der Waals surface area contributed by atoms with Gasteiger partial charge < -0.3 is 5.11 Å². The molecule has 0 aromatic rings. The van der Waals surface area contributed by atoms with E-state index in [2.05, 4.69) is 45.3 Å². The molecule has 0 saturated heterocycles. The molecular weight excluding hydrogens is 212 g/mol. The summed E-state index contributed by atoms with van der Waals surface area (Å²) in [5.41, 5.74) is 2.78. The molecular formula is C14H26OSi. The maximum absolute atomic E-state index is 10.3. The van der Waals surface area contributed by atoms with Crippen LogP contribution in [0.3, 0.4) is 0 Å². The molecule has 0 aromatic carbocycles. The Labute approximate surface area is 102 Å². The average molecular weight is 238 g/mol. The van der Waals surface area contributed by atoms with Crippen molar-refractivity contribution in [3.8, 4) is 11.5 Å². The smallest absolute Gasteiger partial charge is 0.137 e. The molecule has 0 spiro atoms. The first-order valence-electron chi connectivity index (χ1n) is 6.43. The first-order chi connectivity index (χ1) is 7.16. The predicted octanol–water partition coefficient (Wildman–Crippen LogP) is 3.73. The summed E-state index contributed by atoms with van der Waals surface area (Å²) in [5.74, 6) is 3.21. The fraction of sp³-hybridized carbons (Fsp3) is 0.857. The van der Waals surface area contributed by atoms with E-state index in [1.807, 2.05) is 0 Å². The Hall–Kier alpha value is -0.263. The minimum Gasteiger partial charge on any atom is -0.378 e. The van der Waals surface area contributed by atoms with Crippen LogP contribution < -0.4 is 0 Å². The van der Waals surface area contributed by atoms with Crippen LogP contribution in [-0.4, -0.2) is 18.8 Å². The molecule has 0 aromatic heterocycles. The van der Waals surface area contributed by atoms with Crippen LogP contribution in [0.5, 0.6) is 0 Å². The van der Waals surface area contributed by atoms with Crippen molar-refractivity contribution in [1.82, 2.24) is 0 Å². The van der Waals surface area contributed by atoms with Crippen LogP contribution in [0.4, 0.5) is 0 Å². The number of aliphatic hydroxyl groups is 1. The first-order valence-corrected chi connectivity index (χ1v) is 9.43. The molecule has 0 amide bonds. The van der Waals surface area contributed by atoms with Gasteiger partial charge >= 0.3 is 0 Å². The number of hydrogen-bond donors (Lipinski definition) is 1.